The zero-order valence-corrected chi connectivity index (χ0v) is 12.8. The van der Waals surface area contributed by atoms with Crippen LogP contribution in [0.5, 0.6) is 5.75 Å². The van der Waals surface area contributed by atoms with E-state index in [-0.39, 0.29) is 17.0 Å². The van der Waals surface area contributed by atoms with Gasteiger partial charge in [0.25, 0.3) is 0 Å². The topological polar surface area (TPSA) is 9.23 Å². The summed E-state index contributed by atoms with van der Waals surface area (Å²) in [6.45, 7) is 3.51. The van der Waals surface area contributed by atoms with Gasteiger partial charge in [0.05, 0.1) is 5.56 Å². The first-order valence-corrected chi connectivity index (χ1v) is 7.04. The molecule has 0 atom stereocenters. The van der Waals surface area contributed by atoms with Crippen LogP contribution < -0.4 is 4.74 Å². The highest BCUT2D eigenvalue weighted by molar-refractivity contribution is 5.70. The molecule has 0 N–H and O–H groups in total. The van der Waals surface area contributed by atoms with Crippen molar-refractivity contribution in [2.75, 3.05) is 0 Å². The quantitative estimate of drug-likeness (QED) is 0.584. The van der Waals surface area contributed by atoms with Crippen molar-refractivity contribution in [3.63, 3.8) is 0 Å². The van der Waals surface area contributed by atoms with Gasteiger partial charge >= 0.3 is 12.5 Å². The minimum absolute atomic E-state index is 0.000573. The Morgan fingerprint density at radius 2 is 1.54 bits per heavy atom. The first-order chi connectivity index (χ1) is 11.0. The van der Waals surface area contributed by atoms with Gasteiger partial charge in [-0.05, 0) is 40.8 Å². The maximum atomic E-state index is 13.3. The van der Waals surface area contributed by atoms with E-state index < -0.39 is 23.9 Å². The number of hydrogen-bond acceptors (Lipinski definition) is 1. The van der Waals surface area contributed by atoms with Crippen molar-refractivity contribution in [3.05, 3.63) is 53.6 Å². The maximum Gasteiger partial charge on any atom is 0.573 e. The zero-order chi connectivity index (χ0) is 18.1. The van der Waals surface area contributed by atoms with Crippen molar-refractivity contribution in [1.82, 2.24) is 0 Å². The Balaban J connectivity index is 2.54. The summed E-state index contributed by atoms with van der Waals surface area (Å²) < 4.78 is 80.6. The molecule has 0 unspecified atom stereocenters. The number of alkyl halides is 6. The van der Waals surface area contributed by atoms with E-state index in [0.717, 1.165) is 18.2 Å². The maximum absolute atomic E-state index is 13.3. The van der Waals surface area contributed by atoms with Crippen LogP contribution in [0.2, 0.25) is 0 Å². The number of hydrogen-bond donors (Lipinski definition) is 0. The van der Waals surface area contributed by atoms with Crippen LogP contribution in [-0.4, -0.2) is 6.36 Å². The van der Waals surface area contributed by atoms with E-state index in [9.17, 15) is 26.3 Å². The van der Waals surface area contributed by atoms with Crippen molar-refractivity contribution < 1.29 is 31.1 Å². The minimum Gasteiger partial charge on any atom is -0.406 e. The van der Waals surface area contributed by atoms with E-state index in [1.165, 1.54) is 24.3 Å². The zero-order valence-electron chi connectivity index (χ0n) is 12.8. The Kier molecular flexibility index (Phi) is 4.82. The molecule has 0 spiro atoms. The molecule has 7 heteroatoms. The van der Waals surface area contributed by atoms with Crippen LogP contribution in [0.15, 0.2) is 42.5 Å². The molecule has 0 aliphatic carbocycles. The predicted molar refractivity (Wildman–Crippen MR) is 77.7 cm³/mol. The van der Waals surface area contributed by atoms with E-state index in [2.05, 4.69) is 4.74 Å². The molecule has 24 heavy (non-hydrogen) atoms. The third-order valence-corrected chi connectivity index (χ3v) is 3.39. The summed E-state index contributed by atoms with van der Waals surface area (Å²) in [6.07, 6.45) is -9.53. The van der Waals surface area contributed by atoms with Crippen molar-refractivity contribution in [3.8, 4) is 16.9 Å². The molecule has 0 saturated heterocycles. The third kappa shape index (κ3) is 4.43. The molecule has 0 saturated carbocycles. The molecule has 0 aromatic heterocycles. The molecule has 0 amide bonds. The Labute approximate surface area is 134 Å². The van der Waals surface area contributed by atoms with Gasteiger partial charge < -0.3 is 4.74 Å². The summed E-state index contributed by atoms with van der Waals surface area (Å²) in [7, 11) is 0. The molecule has 0 aliphatic rings. The Morgan fingerprint density at radius 3 is 2.08 bits per heavy atom. The molecule has 0 radical (unpaired) electrons. The van der Waals surface area contributed by atoms with Gasteiger partial charge in [-0.15, -0.1) is 13.2 Å². The molecule has 1 nitrogen and oxygen atoms in total. The lowest BCUT2D eigenvalue weighted by atomic mass is 9.93. The predicted octanol–water partition coefficient (Wildman–Crippen LogP) is 6.39. The number of benzene rings is 2. The second kappa shape index (κ2) is 6.37. The summed E-state index contributed by atoms with van der Waals surface area (Å²) in [6, 6.07) is 8.32. The Bertz CT molecular complexity index is 716. The molecule has 0 bridgehead atoms. The van der Waals surface area contributed by atoms with Gasteiger partial charge in [0.15, 0.2) is 0 Å². The van der Waals surface area contributed by atoms with E-state index in [4.69, 9.17) is 0 Å². The van der Waals surface area contributed by atoms with Gasteiger partial charge in [0.1, 0.15) is 5.75 Å². The standard InChI is InChI=1S/C17H14F6O/c1-10(2)11-6-7-14(15(9-11)16(18,19)20)12-4-3-5-13(8-12)24-17(21,22)23/h3-10H,1-2H3. The van der Waals surface area contributed by atoms with Crippen LogP contribution in [0.1, 0.15) is 30.9 Å². The van der Waals surface area contributed by atoms with E-state index in [1.807, 2.05) is 0 Å². The fourth-order valence-corrected chi connectivity index (χ4v) is 2.27. The average molecular weight is 348 g/mol. The Morgan fingerprint density at radius 1 is 0.875 bits per heavy atom. The molecule has 0 fully saturated rings. The van der Waals surface area contributed by atoms with Gasteiger partial charge in [-0.1, -0.05) is 38.1 Å². The fraction of sp³-hybridized carbons (Fsp3) is 0.294. The van der Waals surface area contributed by atoms with Crippen LogP contribution >= 0.6 is 0 Å². The second-order valence-electron chi connectivity index (χ2n) is 5.53. The summed E-state index contributed by atoms with van der Waals surface area (Å²) in [5.74, 6) is -0.680. The van der Waals surface area contributed by atoms with Gasteiger partial charge in [0.2, 0.25) is 0 Å². The summed E-state index contributed by atoms with van der Waals surface area (Å²) in [5.41, 5.74) is -0.592. The van der Waals surface area contributed by atoms with Crippen LogP contribution in [0.4, 0.5) is 26.3 Å². The fourth-order valence-electron chi connectivity index (χ4n) is 2.27. The number of rotatable bonds is 3. The lowest BCUT2D eigenvalue weighted by molar-refractivity contribution is -0.274. The molecular formula is C17H14F6O. The summed E-state index contributed by atoms with van der Waals surface area (Å²) >= 11 is 0. The number of ether oxygens (including phenoxy) is 1. The van der Waals surface area contributed by atoms with E-state index in [1.54, 1.807) is 13.8 Å². The summed E-state index contributed by atoms with van der Waals surface area (Å²) in [4.78, 5) is 0. The molecule has 2 aromatic carbocycles. The van der Waals surface area contributed by atoms with Gasteiger partial charge in [-0.25, -0.2) is 0 Å². The van der Waals surface area contributed by atoms with Crippen molar-refractivity contribution in [2.24, 2.45) is 0 Å². The molecular weight excluding hydrogens is 334 g/mol. The van der Waals surface area contributed by atoms with Crippen LogP contribution in [0.25, 0.3) is 11.1 Å². The van der Waals surface area contributed by atoms with Crippen molar-refractivity contribution >= 4 is 0 Å². The van der Waals surface area contributed by atoms with Gasteiger partial charge in [0, 0.05) is 0 Å². The van der Waals surface area contributed by atoms with E-state index >= 15 is 0 Å². The first-order valence-electron chi connectivity index (χ1n) is 7.04. The lowest BCUT2D eigenvalue weighted by Crippen LogP contribution is -2.17. The van der Waals surface area contributed by atoms with Crippen LogP contribution in [0, 0.1) is 0 Å². The average Bonchev–Trinajstić information content (AvgIpc) is 2.44. The Hall–Kier alpha value is -2.18. The molecule has 2 rings (SSSR count). The van der Waals surface area contributed by atoms with Gasteiger partial charge in [-0.3, -0.25) is 0 Å². The normalized spacial score (nSPS) is 12.5. The number of halogens is 6. The monoisotopic (exact) mass is 348 g/mol. The summed E-state index contributed by atoms with van der Waals surface area (Å²) in [5, 5.41) is 0. The SMILES string of the molecule is CC(C)c1ccc(-c2cccc(OC(F)(F)F)c2)c(C(F)(F)F)c1. The van der Waals surface area contributed by atoms with E-state index in [0.29, 0.717) is 5.56 Å². The molecule has 0 heterocycles. The first kappa shape index (κ1) is 18.2. The largest absolute Gasteiger partial charge is 0.573 e. The third-order valence-electron chi connectivity index (χ3n) is 3.39. The highest BCUT2D eigenvalue weighted by atomic mass is 19.4. The van der Waals surface area contributed by atoms with Gasteiger partial charge in [-0.2, -0.15) is 13.2 Å². The highest BCUT2D eigenvalue weighted by Gasteiger charge is 2.35. The van der Waals surface area contributed by atoms with Crippen LogP contribution in [-0.2, 0) is 6.18 Å². The van der Waals surface area contributed by atoms with Crippen molar-refractivity contribution in [2.45, 2.75) is 32.3 Å². The van der Waals surface area contributed by atoms with Crippen LogP contribution in [0.3, 0.4) is 0 Å². The molecule has 2 aromatic rings. The molecule has 130 valence electrons. The lowest BCUT2D eigenvalue weighted by Gasteiger charge is -2.17. The van der Waals surface area contributed by atoms with Crippen molar-refractivity contribution in [1.29, 1.82) is 0 Å². The second-order valence-corrected chi connectivity index (χ2v) is 5.53. The highest BCUT2D eigenvalue weighted by Crippen LogP contribution is 2.39. The molecule has 0 aliphatic heterocycles. The smallest absolute Gasteiger partial charge is 0.406 e. The minimum atomic E-state index is -4.91.